The predicted molar refractivity (Wildman–Crippen MR) is 68.9 cm³/mol. The van der Waals surface area contributed by atoms with Crippen molar-refractivity contribution in [1.82, 2.24) is 10.3 Å². The van der Waals surface area contributed by atoms with Crippen LogP contribution < -0.4 is 11.1 Å². The van der Waals surface area contributed by atoms with Crippen molar-refractivity contribution >= 4 is 22.9 Å². The molecule has 0 fully saturated rings. The highest BCUT2D eigenvalue weighted by Gasteiger charge is 2.10. The van der Waals surface area contributed by atoms with E-state index in [2.05, 4.69) is 10.3 Å². The third kappa shape index (κ3) is 2.62. The molecule has 0 atom stereocenters. The van der Waals surface area contributed by atoms with Gasteiger partial charge in [-0.25, -0.2) is 4.98 Å². The molecular weight excluding hydrogens is 234 g/mol. The maximum Gasteiger partial charge on any atom is 0.253 e. The van der Waals surface area contributed by atoms with Gasteiger partial charge >= 0.3 is 0 Å². The topological polar surface area (TPSA) is 68.0 Å². The number of nitrogen functional groups attached to an aromatic ring is 1. The van der Waals surface area contributed by atoms with Crippen molar-refractivity contribution in [2.24, 2.45) is 0 Å². The van der Waals surface area contributed by atoms with Gasteiger partial charge in [-0.1, -0.05) is 12.1 Å². The zero-order valence-electron chi connectivity index (χ0n) is 9.43. The molecule has 2 rings (SSSR count). The molecule has 0 aliphatic carbocycles. The van der Waals surface area contributed by atoms with Gasteiger partial charge in [0.1, 0.15) is 0 Å². The molecule has 3 N–H and O–H groups in total. The Labute approximate surface area is 103 Å². The number of benzene rings is 1. The van der Waals surface area contributed by atoms with Gasteiger partial charge in [-0.05, 0) is 18.6 Å². The fraction of sp³-hybridized carbons (Fsp3) is 0.167. The number of nitrogens with one attached hydrogen (secondary N) is 1. The summed E-state index contributed by atoms with van der Waals surface area (Å²) in [5, 5.41) is 4.70. The monoisotopic (exact) mass is 247 g/mol. The molecule has 0 radical (unpaired) electrons. The number of rotatable bonds is 3. The number of nitrogens with zero attached hydrogens (tertiary/aromatic N) is 1. The largest absolute Gasteiger partial charge is 0.398 e. The van der Waals surface area contributed by atoms with Gasteiger partial charge < -0.3 is 11.1 Å². The molecule has 0 unspecified atom stereocenters. The minimum atomic E-state index is -0.167. The van der Waals surface area contributed by atoms with Crippen LogP contribution in [0.2, 0.25) is 0 Å². The summed E-state index contributed by atoms with van der Waals surface area (Å²) in [5.41, 5.74) is 10.4. The first-order chi connectivity index (χ1) is 8.18. The van der Waals surface area contributed by atoms with E-state index in [4.69, 9.17) is 5.73 Å². The number of nitrogens with two attached hydrogens (primary N) is 1. The van der Waals surface area contributed by atoms with E-state index in [0.717, 1.165) is 11.3 Å². The molecule has 1 heterocycles. The molecular formula is C12H13N3OS. The van der Waals surface area contributed by atoms with Gasteiger partial charge in [0.2, 0.25) is 0 Å². The predicted octanol–water partition coefficient (Wildman–Crippen LogP) is 1.96. The van der Waals surface area contributed by atoms with E-state index in [-0.39, 0.29) is 5.91 Å². The van der Waals surface area contributed by atoms with E-state index in [0.29, 0.717) is 17.8 Å². The lowest BCUT2D eigenvalue weighted by Crippen LogP contribution is -2.24. The molecule has 0 saturated heterocycles. The van der Waals surface area contributed by atoms with E-state index in [1.54, 1.807) is 11.6 Å². The molecule has 0 bridgehead atoms. The van der Waals surface area contributed by atoms with Crippen molar-refractivity contribution in [2.45, 2.75) is 13.5 Å². The van der Waals surface area contributed by atoms with E-state index < -0.39 is 0 Å². The molecule has 1 aromatic carbocycles. The van der Waals surface area contributed by atoms with Gasteiger partial charge in [-0.15, -0.1) is 11.3 Å². The maximum absolute atomic E-state index is 11.9. The molecule has 0 aliphatic heterocycles. The number of aromatic nitrogens is 1. The van der Waals surface area contributed by atoms with Crippen LogP contribution in [-0.4, -0.2) is 10.9 Å². The first-order valence-electron chi connectivity index (χ1n) is 5.19. The Hall–Kier alpha value is -1.88. The molecule has 0 aliphatic rings. The highest BCUT2D eigenvalue weighted by Crippen LogP contribution is 2.16. The van der Waals surface area contributed by atoms with Crippen LogP contribution in [0.1, 0.15) is 21.6 Å². The van der Waals surface area contributed by atoms with Crippen molar-refractivity contribution < 1.29 is 4.79 Å². The van der Waals surface area contributed by atoms with Crippen molar-refractivity contribution in [3.05, 3.63) is 45.9 Å². The number of para-hydroxylation sites is 1. The summed E-state index contributed by atoms with van der Waals surface area (Å²) < 4.78 is 0. The van der Waals surface area contributed by atoms with Gasteiger partial charge in [0.15, 0.2) is 0 Å². The fourth-order valence-corrected chi connectivity index (χ4v) is 2.03. The first kappa shape index (κ1) is 11.6. The Bertz CT molecular complexity index is 523. The summed E-state index contributed by atoms with van der Waals surface area (Å²) in [7, 11) is 0. The van der Waals surface area contributed by atoms with Crippen LogP contribution >= 0.6 is 11.3 Å². The number of thiazole rings is 1. The lowest BCUT2D eigenvalue weighted by molar-refractivity contribution is 0.0951. The second-order valence-electron chi connectivity index (χ2n) is 3.70. The highest BCUT2D eigenvalue weighted by molar-refractivity contribution is 7.07. The molecule has 0 saturated carbocycles. The van der Waals surface area contributed by atoms with E-state index in [1.165, 1.54) is 11.3 Å². The minimum Gasteiger partial charge on any atom is -0.398 e. The number of anilines is 1. The van der Waals surface area contributed by atoms with Crippen molar-refractivity contribution in [3.8, 4) is 0 Å². The Balaban J connectivity index is 2.07. The molecule has 88 valence electrons. The third-order valence-corrected chi connectivity index (χ3v) is 3.12. The smallest absolute Gasteiger partial charge is 0.253 e. The maximum atomic E-state index is 11.9. The lowest BCUT2D eigenvalue weighted by atomic mass is 10.1. The first-order valence-corrected chi connectivity index (χ1v) is 6.13. The number of amides is 1. The summed E-state index contributed by atoms with van der Waals surface area (Å²) in [5.74, 6) is -0.167. The standard InChI is InChI=1S/C12H13N3OS/c1-8-3-2-4-10(11(8)13)12(16)14-5-9-6-17-7-15-9/h2-4,6-7H,5,13H2,1H3,(H,14,16). The summed E-state index contributed by atoms with van der Waals surface area (Å²) in [4.78, 5) is 16.0. The van der Waals surface area contributed by atoms with Crippen LogP contribution in [0.3, 0.4) is 0 Å². The minimum absolute atomic E-state index is 0.167. The SMILES string of the molecule is Cc1cccc(C(=O)NCc2cscn2)c1N. The van der Waals surface area contributed by atoms with Gasteiger partial charge in [-0.2, -0.15) is 0 Å². The molecule has 2 aromatic rings. The fourth-order valence-electron chi connectivity index (χ4n) is 1.47. The summed E-state index contributed by atoms with van der Waals surface area (Å²) in [6, 6.07) is 5.43. The molecule has 0 spiro atoms. The van der Waals surface area contributed by atoms with E-state index in [1.807, 2.05) is 24.4 Å². The lowest BCUT2D eigenvalue weighted by Gasteiger charge is -2.08. The molecule has 1 aromatic heterocycles. The Kier molecular flexibility index (Phi) is 3.39. The normalized spacial score (nSPS) is 10.2. The zero-order valence-corrected chi connectivity index (χ0v) is 10.3. The van der Waals surface area contributed by atoms with Crippen molar-refractivity contribution in [2.75, 3.05) is 5.73 Å². The zero-order chi connectivity index (χ0) is 12.3. The Morgan fingerprint density at radius 2 is 2.35 bits per heavy atom. The molecule has 5 heteroatoms. The van der Waals surface area contributed by atoms with Gasteiger partial charge in [0.05, 0.1) is 23.3 Å². The number of hydrogen-bond donors (Lipinski definition) is 2. The van der Waals surface area contributed by atoms with Crippen LogP contribution in [0.15, 0.2) is 29.1 Å². The van der Waals surface area contributed by atoms with E-state index in [9.17, 15) is 4.79 Å². The highest BCUT2D eigenvalue weighted by atomic mass is 32.1. The Morgan fingerprint density at radius 1 is 1.53 bits per heavy atom. The van der Waals surface area contributed by atoms with E-state index >= 15 is 0 Å². The second kappa shape index (κ2) is 4.97. The summed E-state index contributed by atoms with van der Waals surface area (Å²) in [6.45, 7) is 2.31. The second-order valence-corrected chi connectivity index (χ2v) is 4.42. The third-order valence-electron chi connectivity index (χ3n) is 2.48. The number of hydrogen-bond acceptors (Lipinski definition) is 4. The summed E-state index contributed by atoms with van der Waals surface area (Å²) in [6.07, 6.45) is 0. The quantitative estimate of drug-likeness (QED) is 0.815. The molecule has 17 heavy (non-hydrogen) atoms. The number of aryl methyl sites for hydroxylation is 1. The van der Waals surface area contributed by atoms with Crippen LogP contribution in [-0.2, 0) is 6.54 Å². The van der Waals surface area contributed by atoms with Crippen LogP contribution in [0.25, 0.3) is 0 Å². The van der Waals surface area contributed by atoms with Crippen LogP contribution in [0, 0.1) is 6.92 Å². The average Bonchev–Trinajstić information content (AvgIpc) is 2.82. The van der Waals surface area contributed by atoms with Gasteiger partial charge in [0.25, 0.3) is 5.91 Å². The number of carbonyl (C=O) groups excluding carboxylic acids is 1. The van der Waals surface area contributed by atoms with Crippen molar-refractivity contribution in [1.29, 1.82) is 0 Å². The van der Waals surface area contributed by atoms with Crippen molar-refractivity contribution in [3.63, 3.8) is 0 Å². The molecule has 4 nitrogen and oxygen atoms in total. The number of carbonyl (C=O) groups is 1. The van der Waals surface area contributed by atoms with Crippen LogP contribution in [0.4, 0.5) is 5.69 Å². The average molecular weight is 247 g/mol. The Morgan fingerprint density at radius 3 is 3.06 bits per heavy atom. The van der Waals surface area contributed by atoms with Gasteiger partial charge in [-0.3, -0.25) is 4.79 Å². The summed E-state index contributed by atoms with van der Waals surface area (Å²) >= 11 is 1.51. The van der Waals surface area contributed by atoms with Crippen LogP contribution in [0.5, 0.6) is 0 Å². The molecule has 1 amide bonds. The van der Waals surface area contributed by atoms with Gasteiger partial charge in [0, 0.05) is 11.1 Å².